The number of thiocarbonyl (C=S) groups is 1. The third kappa shape index (κ3) is 4.88. The zero-order valence-electron chi connectivity index (χ0n) is 20.4. The Bertz CT molecular complexity index is 1370. The molecule has 0 saturated carbocycles. The zero-order valence-corrected chi connectivity index (χ0v) is 21.2. The summed E-state index contributed by atoms with van der Waals surface area (Å²) in [6, 6.07) is 28.1. The minimum absolute atomic E-state index is 0.0435. The average molecular weight is 496 g/mol. The summed E-state index contributed by atoms with van der Waals surface area (Å²) >= 11 is 5.81. The van der Waals surface area contributed by atoms with E-state index in [1.165, 1.54) is 0 Å². The maximum absolute atomic E-state index is 12.9. The van der Waals surface area contributed by atoms with E-state index in [1.807, 2.05) is 67.6 Å². The Morgan fingerprint density at radius 2 is 1.81 bits per heavy atom. The fourth-order valence-corrected chi connectivity index (χ4v) is 5.19. The van der Waals surface area contributed by atoms with E-state index < -0.39 is 0 Å². The Labute approximate surface area is 217 Å². The molecule has 2 N–H and O–H groups in total. The van der Waals surface area contributed by atoms with Crippen molar-refractivity contribution in [2.45, 2.75) is 32.4 Å². The fraction of sp³-hybridized carbons (Fsp3) is 0.207. The van der Waals surface area contributed by atoms with Crippen LogP contribution in [0.4, 0.5) is 5.69 Å². The lowest BCUT2D eigenvalue weighted by Crippen LogP contribution is -2.33. The van der Waals surface area contributed by atoms with Gasteiger partial charge in [-0.2, -0.15) is 0 Å². The van der Waals surface area contributed by atoms with Crippen LogP contribution in [0.15, 0.2) is 91.1 Å². The lowest BCUT2D eigenvalue weighted by molar-refractivity contribution is -0.116. The van der Waals surface area contributed by atoms with Gasteiger partial charge >= 0.3 is 0 Å². The molecule has 6 nitrogen and oxygen atoms in total. The average Bonchev–Trinajstić information content (AvgIpc) is 3.42. The predicted molar refractivity (Wildman–Crippen MR) is 147 cm³/mol. The number of anilines is 1. The Morgan fingerprint density at radius 1 is 1.00 bits per heavy atom. The van der Waals surface area contributed by atoms with Gasteiger partial charge in [-0.3, -0.25) is 9.78 Å². The minimum Gasteiger partial charge on any atom is -0.352 e. The first-order valence-electron chi connectivity index (χ1n) is 12.1. The van der Waals surface area contributed by atoms with Gasteiger partial charge in [0.25, 0.3) is 0 Å². The van der Waals surface area contributed by atoms with Crippen LogP contribution in [0, 0.1) is 13.8 Å². The van der Waals surface area contributed by atoms with Gasteiger partial charge in [0.2, 0.25) is 5.91 Å². The van der Waals surface area contributed by atoms with Crippen molar-refractivity contribution in [1.29, 1.82) is 0 Å². The van der Waals surface area contributed by atoms with Crippen LogP contribution in [0.5, 0.6) is 0 Å². The number of aromatic nitrogens is 2. The van der Waals surface area contributed by atoms with Crippen molar-refractivity contribution in [2.24, 2.45) is 0 Å². The second-order valence-corrected chi connectivity index (χ2v) is 9.44. The monoisotopic (exact) mass is 495 g/mol. The highest BCUT2D eigenvalue weighted by molar-refractivity contribution is 7.80. The lowest BCUT2D eigenvalue weighted by atomic mass is 10.0. The molecule has 1 fully saturated rings. The molecule has 0 aliphatic carbocycles. The molecule has 1 aliphatic rings. The summed E-state index contributed by atoms with van der Waals surface area (Å²) in [5.41, 5.74) is 6.14. The molecule has 3 heterocycles. The van der Waals surface area contributed by atoms with Crippen LogP contribution in [-0.4, -0.2) is 32.0 Å². The van der Waals surface area contributed by atoms with Crippen molar-refractivity contribution in [2.75, 3.05) is 11.9 Å². The van der Waals surface area contributed by atoms with Gasteiger partial charge in [0.05, 0.1) is 17.8 Å². The first-order valence-corrected chi connectivity index (χ1v) is 12.5. The maximum Gasteiger partial charge on any atom is 0.226 e. The van der Waals surface area contributed by atoms with Gasteiger partial charge in [-0.05, 0) is 80.2 Å². The number of nitrogens with zero attached hydrogens (tertiary/aromatic N) is 3. The largest absolute Gasteiger partial charge is 0.352 e. The van der Waals surface area contributed by atoms with E-state index in [4.69, 9.17) is 12.2 Å². The van der Waals surface area contributed by atoms with E-state index in [0.717, 1.165) is 34.0 Å². The first kappa shape index (κ1) is 23.8. The van der Waals surface area contributed by atoms with Gasteiger partial charge in [0.1, 0.15) is 0 Å². The number of benzene rings is 2. The number of aryl methyl sites for hydroxylation is 2. The molecule has 2 atom stereocenters. The third-order valence-electron chi connectivity index (χ3n) is 6.50. The lowest BCUT2D eigenvalue weighted by Gasteiger charge is -2.29. The molecule has 2 aromatic heterocycles. The number of para-hydroxylation sites is 1. The molecular formula is C29H29N5OS. The Hall–Kier alpha value is -3.97. The first-order chi connectivity index (χ1) is 17.5. The number of carbonyl (C=O) groups is 1. The van der Waals surface area contributed by atoms with E-state index in [9.17, 15) is 4.79 Å². The van der Waals surface area contributed by atoms with E-state index in [1.54, 1.807) is 6.20 Å². The van der Waals surface area contributed by atoms with Gasteiger partial charge in [-0.15, -0.1) is 0 Å². The van der Waals surface area contributed by atoms with Crippen LogP contribution in [0.25, 0.3) is 5.69 Å². The fourth-order valence-electron chi connectivity index (χ4n) is 4.86. The summed E-state index contributed by atoms with van der Waals surface area (Å²) in [5.74, 6) is -0.0435. The standard InChI is InChI=1S/C29H29N5OS/c1-20-9-8-10-22(19-20)31-26(35)16-18-33-28(27(32-29(33)36)24-13-6-7-17-30-24)25-15-14-21(2)34(25)23-11-4-3-5-12-23/h3-15,17,19,27-28H,16,18H2,1-2H3,(H,31,35)(H,32,36). The maximum atomic E-state index is 12.9. The predicted octanol–water partition coefficient (Wildman–Crippen LogP) is 5.49. The molecule has 0 bridgehead atoms. The van der Waals surface area contributed by atoms with Crippen molar-refractivity contribution < 1.29 is 4.79 Å². The molecule has 36 heavy (non-hydrogen) atoms. The number of nitrogens with one attached hydrogen (secondary N) is 2. The highest BCUT2D eigenvalue weighted by Crippen LogP contribution is 2.40. The molecule has 1 aliphatic heterocycles. The second kappa shape index (κ2) is 10.3. The summed E-state index contributed by atoms with van der Waals surface area (Å²) in [5, 5.41) is 7.12. The Balaban J connectivity index is 1.46. The van der Waals surface area contributed by atoms with Crippen molar-refractivity contribution >= 4 is 28.9 Å². The molecule has 0 radical (unpaired) electrons. The topological polar surface area (TPSA) is 62.2 Å². The quantitative estimate of drug-likeness (QED) is 0.332. The summed E-state index contributed by atoms with van der Waals surface area (Å²) < 4.78 is 2.26. The highest BCUT2D eigenvalue weighted by Gasteiger charge is 2.41. The van der Waals surface area contributed by atoms with Crippen LogP contribution in [0.3, 0.4) is 0 Å². The van der Waals surface area contributed by atoms with E-state index in [2.05, 4.69) is 56.3 Å². The zero-order chi connectivity index (χ0) is 25.1. The molecule has 7 heteroatoms. The van der Waals surface area contributed by atoms with E-state index in [0.29, 0.717) is 18.1 Å². The van der Waals surface area contributed by atoms with Gasteiger partial charge < -0.3 is 20.1 Å². The molecule has 4 aromatic rings. The molecule has 182 valence electrons. The van der Waals surface area contributed by atoms with E-state index in [-0.39, 0.29) is 18.0 Å². The van der Waals surface area contributed by atoms with Crippen molar-refractivity contribution in [3.05, 3.63) is 114 Å². The molecule has 5 rings (SSSR count). The summed E-state index contributed by atoms with van der Waals surface area (Å²) in [7, 11) is 0. The number of rotatable bonds is 7. The second-order valence-electron chi connectivity index (χ2n) is 9.06. The molecular weight excluding hydrogens is 466 g/mol. The van der Waals surface area contributed by atoms with Gasteiger partial charge in [-0.1, -0.05) is 36.4 Å². The SMILES string of the molecule is Cc1cccc(NC(=O)CCN2C(=S)NC(c3ccccn3)C2c2ccc(C)n2-c2ccccc2)c1. The Kier molecular flexibility index (Phi) is 6.82. The summed E-state index contributed by atoms with van der Waals surface area (Å²) in [6.07, 6.45) is 2.11. The number of hydrogen-bond acceptors (Lipinski definition) is 3. The summed E-state index contributed by atoms with van der Waals surface area (Å²) in [6.45, 7) is 4.60. The van der Waals surface area contributed by atoms with Crippen LogP contribution < -0.4 is 10.6 Å². The highest BCUT2D eigenvalue weighted by atomic mass is 32.1. The van der Waals surface area contributed by atoms with Crippen molar-refractivity contribution in [3.8, 4) is 5.69 Å². The Morgan fingerprint density at radius 3 is 2.56 bits per heavy atom. The molecule has 2 unspecified atom stereocenters. The summed E-state index contributed by atoms with van der Waals surface area (Å²) in [4.78, 5) is 19.6. The van der Waals surface area contributed by atoms with Gasteiger partial charge in [0.15, 0.2) is 5.11 Å². The molecule has 0 spiro atoms. The van der Waals surface area contributed by atoms with Crippen molar-refractivity contribution in [1.82, 2.24) is 19.8 Å². The van der Waals surface area contributed by atoms with Crippen LogP contribution in [0.2, 0.25) is 0 Å². The van der Waals surface area contributed by atoms with Gasteiger partial charge in [0, 0.05) is 41.9 Å². The van der Waals surface area contributed by atoms with Crippen LogP contribution >= 0.6 is 12.2 Å². The number of amides is 1. The van der Waals surface area contributed by atoms with Crippen LogP contribution in [0.1, 0.15) is 41.1 Å². The smallest absolute Gasteiger partial charge is 0.226 e. The van der Waals surface area contributed by atoms with Crippen molar-refractivity contribution in [3.63, 3.8) is 0 Å². The van der Waals surface area contributed by atoms with Gasteiger partial charge in [-0.25, -0.2) is 0 Å². The number of carbonyl (C=O) groups excluding carboxylic acids is 1. The molecule has 1 amide bonds. The molecule has 1 saturated heterocycles. The minimum atomic E-state index is -0.143. The third-order valence-corrected chi connectivity index (χ3v) is 6.86. The van der Waals surface area contributed by atoms with Crippen LogP contribution in [-0.2, 0) is 4.79 Å². The van der Waals surface area contributed by atoms with E-state index >= 15 is 0 Å². The normalized spacial score (nSPS) is 17.2. The number of hydrogen-bond donors (Lipinski definition) is 2. The molecule has 2 aromatic carbocycles. The number of pyridine rings is 1.